The van der Waals surface area contributed by atoms with E-state index in [4.69, 9.17) is 15.2 Å². The van der Waals surface area contributed by atoms with E-state index in [1.54, 1.807) is 30.3 Å². The summed E-state index contributed by atoms with van der Waals surface area (Å²) in [4.78, 5) is 25.4. The van der Waals surface area contributed by atoms with Gasteiger partial charge in [-0.1, -0.05) is 18.2 Å². The molecule has 0 atom stereocenters. The van der Waals surface area contributed by atoms with Crippen LogP contribution in [0.1, 0.15) is 56.5 Å². The lowest BCUT2D eigenvalue weighted by atomic mass is 9.80. The first-order valence-electron chi connectivity index (χ1n) is 10.8. The molecular formula is C25H33N3O4. The minimum absolute atomic E-state index is 0.0360. The highest BCUT2D eigenvalue weighted by atomic mass is 16.5. The topological polar surface area (TPSA) is 103 Å². The van der Waals surface area contributed by atoms with Crippen molar-refractivity contribution < 1.29 is 19.1 Å². The Labute approximate surface area is 189 Å². The third-order valence-corrected chi connectivity index (χ3v) is 5.60. The number of anilines is 2. The van der Waals surface area contributed by atoms with Gasteiger partial charge in [-0.3, -0.25) is 9.59 Å². The molecule has 2 aromatic rings. The molecule has 1 aliphatic rings. The number of nitrogens with one attached hydrogen (secondary N) is 2. The average molecular weight is 440 g/mol. The van der Waals surface area contributed by atoms with Gasteiger partial charge in [0.1, 0.15) is 5.75 Å². The number of nitrogen functional groups attached to an aromatic ring is 1. The number of carbonyl (C=O) groups is 2. The van der Waals surface area contributed by atoms with E-state index in [0.717, 1.165) is 5.56 Å². The molecule has 4 N–H and O–H groups in total. The molecule has 0 aliphatic carbocycles. The Kier molecular flexibility index (Phi) is 6.79. The van der Waals surface area contributed by atoms with Crippen LogP contribution in [0.3, 0.4) is 0 Å². The van der Waals surface area contributed by atoms with E-state index >= 15 is 0 Å². The smallest absolute Gasteiger partial charge is 0.255 e. The predicted molar refractivity (Wildman–Crippen MR) is 126 cm³/mol. The number of methoxy groups -OCH3 is 1. The molecule has 2 aromatic carbocycles. The summed E-state index contributed by atoms with van der Waals surface area (Å²) in [6, 6.07) is 12.4. The second kappa shape index (κ2) is 9.20. The second-order valence-corrected chi connectivity index (χ2v) is 9.51. The van der Waals surface area contributed by atoms with Crippen molar-refractivity contribution in [1.82, 2.24) is 5.32 Å². The van der Waals surface area contributed by atoms with Crippen LogP contribution in [0.2, 0.25) is 0 Å². The summed E-state index contributed by atoms with van der Waals surface area (Å²) in [6.45, 7) is 8.32. The van der Waals surface area contributed by atoms with Crippen molar-refractivity contribution in [3.8, 4) is 5.75 Å². The van der Waals surface area contributed by atoms with Gasteiger partial charge in [-0.15, -0.1) is 0 Å². The lowest BCUT2D eigenvalue weighted by Crippen LogP contribution is -2.48. The minimum Gasteiger partial charge on any atom is -0.496 e. The molecule has 172 valence electrons. The fourth-order valence-electron chi connectivity index (χ4n) is 4.46. The number of amides is 2. The first-order chi connectivity index (χ1) is 15.0. The van der Waals surface area contributed by atoms with E-state index in [1.807, 2.05) is 39.8 Å². The van der Waals surface area contributed by atoms with Crippen LogP contribution in [0.25, 0.3) is 0 Å². The molecule has 32 heavy (non-hydrogen) atoms. The van der Waals surface area contributed by atoms with Gasteiger partial charge < -0.3 is 25.8 Å². The number of hydrogen-bond acceptors (Lipinski definition) is 5. The fraction of sp³-hybridized carbons (Fsp3) is 0.440. The molecule has 1 heterocycles. The molecule has 0 saturated carbocycles. The van der Waals surface area contributed by atoms with E-state index in [9.17, 15) is 9.59 Å². The summed E-state index contributed by atoms with van der Waals surface area (Å²) < 4.78 is 11.3. The highest BCUT2D eigenvalue weighted by molar-refractivity contribution is 5.97. The highest BCUT2D eigenvalue weighted by Gasteiger charge is 2.42. The van der Waals surface area contributed by atoms with Crippen LogP contribution in [0.15, 0.2) is 42.5 Å². The van der Waals surface area contributed by atoms with Crippen molar-refractivity contribution in [3.63, 3.8) is 0 Å². The van der Waals surface area contributed by atoms with Crippen molar-refractivity contribution in [2.24, 2.45) is 5.92 Å². The maximum Gasteiger partial charge on any atom is 0.255 e. The Balaban J connectivity index is 1.62. The highest BCUT2D eigenvalue weighted by Crippen LogP contribution is 2.39. The fourth-order valence-corrected chi connectivity index (χ4v) is 4.46. The van der Waals surface area contributed by atoms with Crippen molar-refractivity contribution in [2.45, 2.75) is 58.3 Å². The molecule has 0 radical (unpaired) electrons. The number of benzene rings is 2. The molecule has 0 bridgehead atoms. The first kappa shape index (κ1) is 23.6. The van der Waals surface area contributed by atoms with Gasteiger partial charge in [0, 0.05) is 23.8 Å². The lowest BCUT2D eigenvalue weighted by Gasteiger charge is -2.44. The molecule has 7 nitrogen and oxygen atoms in total. The second-order valence-electron chi connectivity index (χ2n) is 9.51. The standard InChI is InChI=1S/C25H33N3O4/c1-24(2)13-17(14-25(3,4)32-24)22(29)28-18-11-10-16(20(26)12-18)15-27-23(30)19-8-6-7-9-21(19)31-5/h6-12,17H,13-15,26H2,1-5H3,(H,27,30)(H,28,29). The van der Waals surface area contributed by atoms with Gasteiger partial charge in [0.15, 0.2) is 0 Å². The zero-order valence-electron chi connectivity index (χ0n) is 19.5. The Morgan fingerprint density at radius 2 is 1.75 bits per heavy atom. The van der Waals surface area contributed by atoms with Crippen LogP contribution < -0.4 is 21.1 Å². The van der Waals surface area contributed by atoms with Crippen molar-refractivity contribution >= 4 is 23.2 Å². The number of rotatable bonds is 6. The van der Waals surface area contributed by atoms with Crippen LogP contribution in [-0.2, 0) is 16.1 Å². The Bertz CT molecular complexity index is 984. The van der Waals surface area contributed by atoms with Crippen molar-refractivity contribution in [3.05, 3.63) is 53.6 Å². The molecule has 7 heteroatoms. The number of nitrogens with two attached hydrogens (primary N) is 1. The summed E-state index contributed by atoms with van der Waals surface area (Å²) >= 11 is 0. The van der Waals surface area contributed by atoms with E-state index < -0.39 is 0 Å². The van der Waals surface area contributed by atoms with Gasteiger partial charge in [-0.25, -0.2) is 0 Å². The molecule has 1 saturated heterocycles. The largest absolute Gasteiger partial charge is 0.496 e. The zero-order chi connectivity index (χ0) is 23.5. The van der Waals surface area contributed by atoms with Gasteiger partial charge in [0.25, 0.3) is 5.91 Å². The van der Waals surface area contributed by atoms with Crippen LogP contribution in [0, 0.1) is 5.92 Å². The van der Waals surface area contributed by atoms with Crippen LogP contribution in [0.4, 0.5) is 11.4 Å². The summed E-state index contributed by atoms with van der Waals surface area (Å²) in [5.74, 6) is 0.0837. The SMILES string of the molecule is COc1ccccc1C(=O)NCc1ccc(NC(=O)C2CC(C)(C)OC(C)(C)C2)cc1N. The van der Waals surface area contributed by atoms with Crippen molar-refractivity contribution in [1.29, 1.82) is 0 Å². The monoisotopic (exact) mass is 439 g/mol. The van der Waals surface area contributed by atoms with E-state index in [2.05, 4.69) is 10.6 Å². The third-order valence-electron chi connectivity index (χ3n) is 5.60. The number of carbonyl (C=O) groups excluding carboxylic acids is 2. The third kappa shape index (κ3) is 5.79. The maximum atomic E-state index is 12.9. The number of ether oxygens (including phenoxy) is 2. The zero-order valence-corrected chi connectivity index (χ0v) is 19.5. The molecular weight excluding hydrogens is 406 g/mol. The quantitative estimate of drug-likeness (QED) is 0.587. The normalized spacial score (nSPS) is 17.4. The van der Waals surface area contributed by atoms with Gasteiger partial charge in [-0.2, -0.15) is 0 Å². The van der Waals surface area contributed by atoms with Crippen molar-refractivity contribution in [2.75, 3.05) is 18.2 Å². The maximum absolute atomic E-state index is 12.9. The van der Waals surface area contributed by atoms with Gasteiger partial charge in [0.05, 0.1) is 23.9 Å². The molecule has 1 fully saturated rings. The van der Waals surface area contributed by atoms with Crippen LogP contribution >= 0.6 is 0 Å². The van der Waals surface area contributed by atoms with E-state index in [1.165, 1.54) is 7.11 Å². The molecule has 0 spiro atoms. The number of hydrogen-bond donors (Lipinski definition) is 3. The average Bonchev–Trinajstić information content (AvgIpc) is 2.70. The van der Waals surface area contributed by atoms with Gasteiger partial charge in [0.2, 0.25) is 5.91 Å². The lowest BCUT2D eigenvalue weighted by molar-refractivity contribution is -0.176. The molecule has 3 rings (SSSR count). The Morgan fingerprint density at radius 3 is 2.38 bits per heavy atom. The van der Waals surface area contributed by atoms with Gasteiger partial charge >= 0.3 is 0 Å². The molecule has 0 aromatic heterocycles. The minimum atomic E-state index is -0.355. The van der Waals surface area contributed by atoms with Gasteiger partial charge in [-0.05, 0) is 70.4 Å². The van der Waals surface area contributed by atoms with Crippen LogP contribution in [-0.4, -0.2) is 30.1 Å². The predicted octanol–water partition coefficient (Wildman–Crippen LogP) is 4.13. The summed E-state index contributed by atoms with van der Waals surface area (Å²) in [7, 11) is 1.53. The Hall–Kier alpha value is -3.06. The molecule has 1 aliphatic heterocycles. The molecule has 0 unspecified atom stereocenters. The van der Waals surface area contributed by atoms with Crippen LogP contribution in [0.5, 0.6) is 5.75 Å². The Morgan fingerprint density at radius 1 is 1.09 bits per heavy atom. The first-order valence-corrected chi connectivity index (χ1v) is 10.8. The number of para-hydroxylation sites is 1. The summed E-state index contributed by atoms with van der Waals surface area (Å²) in [5.41, 5.74) is 7.84. The summed E-state index contributed by atoms with van der Waals surface area (Å²) in [5, 5.41) is 5.84. The molecule has 2 amide bonds. The van der Waals surface area contributed by atoms with E-state index in [-0.39, 0.29) is 35.5 Å². The van der Waals surface area contributed by atoms with E-state index in [0.29, 0.717) is 35.5 Å². The summed E-state index contributed by atoms with van der Waals surface area (Å²) in [6.07, 6.45) is 1.32.